The largest absolute Gasteiger partial charge is 0.514 e. The van der Waals surface area contributed by atoms with Crippen LogP contribution in [0.2, 0.25) is 5.02 Å². The molecule has 1 aromatic rings. The lowest BCUT2D eigenvalue weighted by Crippen LogP contribution is -2.19. The number of ether oxygens (including phenoxy) is 2. The number of halogens is 4. The van der Waals surface area contributed by atoms with Crippen LogP contribution >= 0.6 is 46.4 Å². The number of rotatable bonds is 2. The second kappa shape index (κ2) is 6.01. The molecule has 0 saturated carbocycles. The zero-order chi connectivity index (χ0) is 13.1. The third-order valence-corrected chi connectivity index (χ3v) is 2.25. The van der Waals surface area contributed by atoms with E-state index in [2.05, 4.69) is 4.74 Å². The highest BCUT2D eigenvalue weighted by Gasteiger charge is 2.23. The van der Waals surface area contributed by atoms with E-state index >= 15 is 0 Å². The highest BCUT2D eigenvalue weighted by Crippen LogP contribution is 2.26. The van der Waals surface area contributed by atoms with Gasteiger partial charge in [0.2, 0.25) is 3.79 Å². The van der Waals surface area contributed by atoms with Crippen LogP contribution in [0.3, 0.4) is 0 Å². The SMILES string of the molecule is Cc1cc(Cl)ccc1OC(=O)OCC(Cl)(Cl)Cl. The molecule has 94 valence electrons. The van der Waals surface area contributed by atoms with Gasteiger partial charge in [0.1, 0.15) is 12.4 Å². The molecule has 0 amide bonds. The Morgan fingerprint density at radius 1 is 1.35 bits per heavy atom. The summed E-state index contributed by atoms with van der Waals surface area (Å²) >= 11 is 22.0. The van der Waals surface area contributed by atoms with Gasteiger partial charge in [-0.05, 0) is 30.7 Å². The Morgan fingerprint density at radius 2 is 2.00 bits per heavy atom. The van der Waals surface area contributed by atoms with E-state index in [1.165, 1.54) is 0 Å². The first-order valence-corrected chi connectivity index (χ1v) is 5.96. The predicted octanol–water partition coefficient (Wildman–Crippen LogP) is 4.53. The van der Waals surface area contributed by atoms with Gasteiger partial charge in [-0.3, -0.25) is 0 Å². The van der Waals surface area contributed by atoms with Crippen molar-refractivity contribution in [3.8, 4) is 5.75 Å². The second-order valence-corrected chi connectivity index (χ2v) is 6.12. The standard InChI is InChI=1S/C10H8Cl4O3/c1-6-4-7(11)2-3-8(6)17-9(15)16-5-10(12,13)14/h2-4H,5H2,1H3. The predicted molar refractivity (Wildman–Crippen MR) is 68.5 cm³/mol. The summed E-state index contributed by atoms with van der Waals surface area (Å²) in [4.78, 5) is 11.2. The lowest BCUT2D eigenvalue weighted by molar-refractivity contribution is 0.101. The van der Waals surface area contributed by atoms with E-state index in [0.29, 0.717) is 16.3 Å². The van der Waals surface area contributed by atoms with Gasteiger partial charge >= 0.3 is 6.16 Å². The van der Waals surface area contributed by atoms with Crippen LogP contribution < -0.4 is 4.74 Å². The number of alkyl halides is 3. The van der Waals surface area contributed by atoms with Gasteiger partial charge in [0.05, 0.1) is 0 Å². The van der Waals surface area contributed by atoms with Crippen molar-refractivity contribution < 1.29 is 14.3 Å². The Balaban J connectivity index is 2.57. The lowest BCUT2D eigenvalue weighted by atomic mass is 10.2. The molecule has 0 heterocycles. The Morgan fingerprint density at radius 3 is 2.53 bits per heavy atom. The molecule has 3 nitrogen and oxygen atoms in total. The van der Waals surface area contributed by atoms with E-state index in [1.54, 1.807) is 25.1 Å². The van der Waals surface area contributed by atoms with Crippen molar-refractivity contribution in [2.75, 3.05) is 6.61 Å². The molecular formula is C10H8Cl4O3. The van der Waals surface area contributed by atoms with Crippen LogP contribution in [0.25, 0.3) is 0 Å². The topological polar surface area (TPSA) is 35.5 Å². The van der Waals surface area contributed by atoms with Crippen LogP contribution in [0.15, 0.2) is 18.2 Å². The fourth-order valence-electron chi connectivity index (χ4n) is 0.987. The number of hydrogen-bond acceptors (Lipinski definition) is 3. The summed E-state index contributed by atoms with van der Waals surface area (Å²) in [5.74, 6) is 0.337. The summed E-state index contributed by atoms with van der Waals surface area (Å²) in [6.45, 7) is 1.35. The van der Waals surface area contributed by atoms with Gasteiger partial charge in [-0.2, -0.15) is 0 Å². The van der Waals surface area contributed by atoms with Crippen LogP contribution in [0.1, 0.15) is 5.56 Å². The van der Waals surface area contributed by atoms with Gasteiger partial charge < -0.3 is 9.47 Å². The normalized spacial score (nSPS) is 11.1. The molecule has 0 radical (unpaired) electrons. The van der Waals surface area contributed by atoms with Crippen LogP contribution in [0.4, 0.5) is 4.79 Å². The van der Waals surface area contributed by atoms with Crippen LogP contribution in [0.5, 0.6) is 5.75 Å². The first kappa shape index (κ1) is 14.7. The average Bonchev–Trinajstić information content (AvgIpc) is 2.18. The van der Waals surface area contributed by atoms with Crippen LogP contribution in [-0.2, 0) is 4.74 Å². The Bertz CT molecular complexity index is 415. The Kier molecular flexibility index (Phi) is 5.20. The molecule has 0 atom stereocenters. The van der Waals surface area contributed by atoms with Gasteiger partial charge in [0.15, 0.2) is 0 Å². The smallest absolute Gasteiger partial charge is 0.429 e. The number of benzene rings is 1. The minimum atomic E-state index is -1.66. The second-order valence-electron chi connectivity index (χ2n) is 3.17. The lowest BCUT2D eigenvalue weighted by Gasteiger charge is -2.12. The van der Waals surface area contributed by atoms with Gasteiger partial charge in [-0.25, -0.2) is 4.79 Å². The van der Waals surface area contributed by atoms with Crippen molar-refractivity contribution >= 4 is 52.6 Å². The van der Waals surface area contributed by atoms with Crippen LogP contribution in [-0.4, -0.2) is 16.6 Å². The summed E-state index contributed by atoms with van der Waals surface area (Å²) in [7, 11) is 0. The minimum absolute atomic E-state index is 0.337. The maximum atomic E-state index is 11.2. The van der Waals surface area contributed by atoms with Crippen molar-refractivity contribution in [3.05, 3.63) is 28.8 Å². The molecule has 1 aromatic carbocycles. The fraction of sp³-hybridized carbons (Fsp3) is 0.300. The molecule has 0 bridgehead atoms. The summed E-state index contributed by atoms with van der Waals surface area (Å²) < 4.78 is 7.85. The highest BCUT2D eigenvalue weighted by atomic mass is 35.6. The fourth-order valence-corrected chi connectivity index (χ4v) is 1.38. The molecule has 1 rings (SSSR count). The van der Waals surface area contributed by atoms with Crippen molar-refractivity contribution in [1.82, 2.24) is 0 Å². The maximum absolute atomic E-state index is 11.2. The van der Waals surface area contributed by atoms with E-state index in [4.69, 9.17) is 51.1 Å². The van der Waals surface area contributed by atoms with Crippen LogP contribution in [0, 0.1) is 6.92 Å². The first-order valence-electron chi connectivity index (χ1n) is 4.45. The molecule has 0 aromatic heterocycles. The molecule has 0 aliphatic rings. The van der Waals surface area contributed by atoms with E-state index in [1.807, 2.05) is 0 Å². The first-order chi connectivity index (χ1) is 7.78. The van der Waals surface area contributed by atoms with Gasteiger partial charge in [0.25, 0.3) is 0 Å². The zero-order valence-electron chi connectivity index (χ0n) is 8.68. The molecule has 0 unspecified atom stereocenters. The zero-order valence-corrected chi connectivity index (χ0v) is 11.7. The van der Waals surface area contributed by atoms with E-state index in [9.17, 15) is 4.79 Å². The molecular weight excluding hydrogens is 310 g/mol. The number of hydrogen-bond donors (Lipinski definition) is 0. The number of carbonyl (C=O) groups excluding carboxylic acids is 1. The number of carbonyl (C=O) groups is 1. The molecule has 0 N–H and O–H groups in total. The monoisotopic (exact) mass is 316 g/mol. The molecule has 17 heavy (non-hydrogen) atoms. The quantitative estimate of drug-likeness (QED) is 0.456. The van der Waals surface area contributed by atoms with E-state index in [-0.39, 0.29) is 6.61 Å². The van der Waals surface area contributed by atoms with Gasteiger partial charge in [-0.15, -0.1) is 0 Å². The molecule has 0 aliphatic heterocycles. The third kappa shape index (κ3) is 5.68. The summed E-state index contributed by atoms with van der Waals surface area (Å²) in [5.41, 5.74) is 0.698. The summed E-state index contributed by atoms with van der Waals surface area (Å²) in [6.07, 6.45) is -0.943. The molecule has 0 saturated heterocycles. The third-order valence-electron chi connectivity index (χ3n) is 1.68. The molecule has 0 spiro atoms. The van der Waals surface area contributed by atoms with Crippen molar-refractivity contribution in [2.45, 2.75) is 10.7 Å². The summed E-state index contributed by atoms with van der Waals surface area (Å²) in [6, 6.07) is 4.79. The summed E-state index contributed by atoms with van der Waals surface area (Å²) in [5, 5.41) is 0.546. The Hall–Kier alpha value is -0.350. The minimum Gasteiger partial charge on any atom is -0.429 e. The Labute approximate surface area is 118 Å². The maximum Gasteiger partial charge on any atom is 0.514 e. The van der Waals surface area contributed by atoms with Crippen molar-refractivity contribution in [1.29, 1.82) is 0 Å². The van der Waals surface area contributed by atoms with E-state index < -0.39 is 9.95 Å². The highest BCUT2D eigenvalue weighted by molar-refractivity contribution is 6.67. The van der Waals surface area contributed by atoms with Gasteiger partial charge in [0, 0.05) is 5.02 Å². The molecule has 7 heteroatoms. The van der Waals surface area contributed by atoms with Crippen molar-refractivity contribution in [3.63, 3.8) is 0 Å². The molecule has 0 aliphatic carbocycles. The molecule has 0 fully saturated rings. The average molecular weight is 318 g/mol. The van der Waals surface area contributed by atoms with Crippen molar-refractivity contribution in [2.24, 2.45) is 0 Å². The van der Waals surface area contributed by atoms with E-state index in [0.717, 1.165) is 0 Å². The van der Waals surface area contributed by atoms with Gasteiger partial charge in [-0.1, -0.05) is 46.4 Å². The number of aryl methyl sites for hydroxylation is 1.